The van der Waals surface area contributed by atoms with Gasteiger partial charge in [0.05, 0.1) is 11.6 Å². The Bertz CT molecular complexity index is 407. The molecule has 1 saturated heterocycles. The summed E-state index contributed by atoms with van der Waals surface area (Å²) < 4.78 is 0. The minimum Gasteiger partial charge on any atom is -0.298 e. The van der Waals surface area contributed by atoms with E-state index in [0.717, 1.165) is 12.1 Å². The van der Waals surface area contributed by atoms with Gasteiger partial charge in [-0.3, -0.25) is 4.90 Å². The molecule has 2 nitrogen and oxygen atoms in total. The smallest absolute Gasteiger partial charge is 0.0991 e. The maximum absolute atomic E-state index is 8.75. The van der Waals surface area contributed by atoms with Crippen LogP contribution in [0, 0.1) is 11.3 Å². The van der Waals surface area contributed by atoms with Crippen molar-refractivity contribution in [2.45, 2.75) is 6.54 Å². The van der Waals surface area contributed by atoms with Crippen molar-refractivity contribution in [1.82, 2.24) is 4.90 Å². The fraction of sp³-hybridized carbons (Fsp3) is 0.500. The SMILES string of the molecule is CS1(C)CCN(Cc2ccc(C#N)cc2)CC1. The molecule has 92 valence electrons. The third-order valence-electron chi connectivity index (χ3n) is 3.41. The van der Waals surface area contributed by atoms with Crippen molar-refractivity contribution in [2.24, 2.45) is 0 Å². The summed E-state index contributed by atoms with van der Waals surface area (Å²) in [4.78, 5) is 2.53. The second kappa shape index (κ2) is 5.12. The molecular weight excluding hydrogens is 228 g/mol. The van der Waals surface area contributed by atoms with Gasteiger partial charge in [0.15, 0.2) is 0 Å². The molecule has 0 unspecified atom stereocenters. The van der Waals surface area contributed by atoms with Gasteiger partial charge in [-0.1, -0.05) is 12.1 Å². The lowest BCUT2D eigenvalue weighted by Crippen LogP contribution is -2.37. The van der Waals surface area contributed by atoms with Crippen molar-refractivity contribution in [2.75, 3.05) is 37.1 Å². The summed E-state index contributed by atoms with van der Waals surface area (Å²) in [6.07, 6.45) is 4.87. The molecule has 0 atom stereocenters. The van der Waals surface area contributed by atoms with Crippen molar-refractivity contribution >= 4 is 10.0 Å². The quantitative estimate of drug-likeness (QED) is 0.804. The topological polar surface area (TPSA) is 27.0 Å². The fourth-order valence-corrected chi connectivity index (χ4v) is 3.78. The van der Waals surface area contributed by atoms with Crippen LogP contribution in [0.5, 0.6) is 0 Å². The first-order valence-electron chi connectivity index (χ1n) is 5.99. The molecule has 1 aromatic carbocycles. The highest BCUT2D eigenvalue weighted by molar-refractivity contribution is 8.32. The standard InChI is InChI=1S/C14H20N2S/c1-17(2)9-7-16(8-10-17)12-14-5-3-13(11-15)4-6-14/h3-6H,7-10,12H2,1-2H3. The van der Waals surface area contributed by atoms with Crippen molar-refractivity contribution in [1.29, 1.82) is 5.26 Å². The lowest BCUT2D eigenvalue weighted by molar-refractivity contribution is 0.293. The van der Waals surface area contributed by atoms with Crippen molar-refractivity contribution in [3.63, 3.8) is 0 Å². The Labute approximate surface area is 106 Å². The van der Waals surface area contributed by atoms with Gasteiger partial charge in [0.2, 0.25) is 0 Å². The summed E-state index contributed by atoms with van der Waals surface area (Å²) in [5, 5.41) is 8.75. The molecule has 0 bridgehead atoms. The van der Waals surface area contributed by atoms with E-state index < -0.39 is 0 Å². The predicted octanol–water partition coefficient (Wildman–Crippen LogP) is 2.44. The van der Waals surface area contributed by atoms with Gasteiger partial charge >= 0.3 is 0 Å². The molecule has 0 aromatic heterocycles. The van der Waals surface area contributed by atoms with Crippen LogP contribution in [0.4, 0.5) is 0 Å². The average Bonchev–Trinajstić information content (AvgIpc) is 2.33. The third-order valence-corrected chi connectivity index (χ3v) is 5.98. The fourth-order valence-electron chi connectivity index (χ4n) is 2.07. The molecule has 0 aliphatic carbocycles. The van der Waals surface area contributed by atoms with Crippen LogP contribution in [-0.4, -0.2) is 42.0 Å². The second-order valence-electron chi connectivity index (χ2n) is 5.26. The van der Waals surface area contributed by atoms with Gasteiger partial charge < -0.3 is 0 Å². The zero-order valence-electron chi connectivity index (χ0n) is 10.6. The highest BCUT2D eigenvalue weighted by Crippen LogP contribution is 2.41. The maximum atomic E-state index is 8.75. The molecule has 3 heteroatoms. The molecule has 0 N–H and O–H groups in total. The third kappa shape index (κ3) is 3.49. The lowest BCUT2D eigenvalue weighted by Gasteiger charge is -2.41. The van der Waals surface area contributed by atoms with E-state index in [1.165, 1.54) is 30.2 Å². The van der Waals surface area contributed by atoms with Crippen LogP contribution in [0.25, 0.3) is 0 Å². The van der Waals surface area contributed by atoms with Crippen LogP contribution < -0.4 is 0 Å². The molecule has 0 radical (unpaired) electrons. The summed E-state index contributed by atoms with van der Waals surface area (Å²) >= 11 is 0. The van der Waals surface area contributed by atoms with Crippen LogP contribution in [0.3, 0.4) is 0 Å². The Morgan fingerprint density at radius 1 is 1.18 bits per heavy atom. The molecule has 1 aliphatic heterocycles. The normalized spacial score (nSPS) is 21.7. The van der Waals surface area contributed by atoms with Crippen LogP contribution in [0.1, 0.15) is 11.1 Å². The molecule has 0 saturated carbocycles. The lowest BCUT2D eigenvalue weighted by atomic mass is 10.1. The number of benzene rings is 1. The van der Waals surface area contributed by atoms with E-state index in [4.69, 9.17) is 5.26 Å². The molecule has 1 aromatic rings. The Hall–Kier alpha value is -0.980. The van der Waals surface area contributed by atoms with Crippen LogP contribution in [0.15, 0.2) is 24.3 Å². The Morgan fingerprint density at radius 3 is 2.29 bits per heavy atom. The number of nitriles is 1. The summed E-state index contributed by atoms with van der Waals surface area (Å²) in [7, 11) is -0.303. The average molecular weight is 248 g/mol. The molecule has 2 rings (SSSR count). The van der Waals surface area contributed by atoms with Gasteiger partial charge in [0, 0.05) is 19.6 Å². The monoisotopic (exact) mass is 248 g/mol. The molecule has 17 heavy (non-hydrogen) atoms. The number of hydrogen-bond donors (Lipinski definition) is 0. The van der Waals surface area contributed by atoms with Crippen molar-refractivity contribution in [3.05, 3.63) is 35.4 Å². The van der Waals surface area contributed by atoms with Crippen LogP contribution in [-0.2, 0) is 6.54 Å². The molecule has 1 fully saturated rings. The zero-order valence-corrected chi connectivity index (χ0v) is 11.5. The molecule has 0 amide bonds. The summed E-state index contributed by atoms with van der Waals surface area (Å²) in [5.74, 6) is 2.73. The van der Waals surface area contributed by atoms with Gasteiger partial charge in [-0.2, -0.15) is 5.26 Å². The summed E-state index contributed by atoms with van der Waals surface area (Å²) in [6.45, 7) is 3.48. The highest BCUT2D eigenvalue weighted by Gasteiger charge is 2.20. The largest absolute Gasteiger partial charge is 0.298 e. The minimum absolute atomic E-state index is 0.303. The Balaban J connectivity index is 1.91. The molecular formula is C14H20N2S. The van der Waals surface area contributed by atoms with E-state index in [1.807, 2.05) is 12.1 Å². The van der Waals surface area contributed by atoms with Gasteiger partial charge in [-0.15, -0.1) is 0 Å². The summed E-state index contributed by atoms with van der Waals surface area (Å²) in [5.41, 5.74) is 2.07. The molecule has 0 spiro atoms. The highest BCUT2D eigenvalue weighted by atomic mass is 32.3. The Morgan fingerprint density at radius 2 is 1.76 bits per heavy atom. The van der Waals surface area contributed by atoms with E-state index in [1.54, 1.807) is 0 Å². The molecule has 1 aliphatic rings. The van der Waals surface area contributed by atoms with Crippen LogP contribution in [0.2, 0.25) is 0 Å². The van der Waals surface area contributed by atoms with Gasteiger partial charge in [-0.05, 0) is 41.7 Å². The second-order valence-corrected chi connectivity index (χ2v) is 9.61. The minimum atomic E-state index is -0.303. The first-order valence-corrected chi connectivity index (χ1v) is 8.78. The first-order chi connectivity index (χ1) is 8.09. The maximum Gasteiger partial charge on any atom is 0.0991 e. The van der Waals surface area contributed by atoms with E-state index in [0.29, 0.717) is 0 Å². The first kappa shape index (κ1) is 12.5. The zero-order chi connectivity index (χ0) is 12.3. The van der Waals surface area contributed by atoms with E-state index >= 15 is 0 Å². The van der Waals surface area contributed by atoms with Crippen molar-refractivity contribution < 1.29 is 0 Å². The van der Waals surface area contributed by atoms with Crippen LogP contribution >= 0.6 is 10.0 Å². The Kier molecular flexibility index (Phi) is 3.76. The van der Waals surface area contributed by atoms with Gasteiger partial charge in [0.1, 0.15) is 0 Å². The number of rotatable bonds is 2. The van der Waals surface area contributed by atoms with E-state index in [-0.39, 0.29) is 10.0 Å². The molecule has 1 heterocycles. The van der Waals surface area contributed by atoms with Gasteiger partial charge in [-0.25, -0.2) is 10.0 Å². The summed E-state index contributed by atoms with van der Waals surface area (Å²) in [6, 6.07) is 10.1. The van der Waals surface area contributed by atoms with Gasteiger partial charge in [0.25, 0.3) is 0 Å². The number of nitrogens with zero attached hydrogens (tertiary/aromatic N) is 2. The predicted molar refractivity (Wildman–Crippen MR) is 75.6 cm³/mol. The van der Waals surface area contributed by atoms with E-state index in [9.17, 15) is 0 Å². The van der Waals surface area contributed by atoms with Crippen molar-refractivity contribution in [3.8, 4) is 6.07 Å². The van der Waals surface area contributed by atoms with E-state index in [2.05, 4.69) is 35.6 Å². The number of hydrogen-bond acceptors (Lipinski definition) is 2.